The van der Waals surface area contributed by atoms with Gasteiger partial charge in [-0.2, -0.15) is 0 Å². The molecule has 1 aromatic heterocycles. The van der Waals surface area contributed by atoms with E-state index in [2.05, 4.69) is 29.4 Å². The highest BCUT2D eigenvalue weighted by Gasteiger charge is 2.21. The first-order valence-electron chi connectivity index (χ1n) is 8.07. The molecule has 126 valence electrons. The van der Waals surface area contributed by atoms with Crippen LogP contribution >= 0.6 is 11.3 Å². The number of nitrogens with one attached hydrogen (secondary N) is 1. The summed E-state index contributed by atoms with van der Waals surface area (Å²) in [6, 6.07) is 7.07. The molecule has 1 N–H and O–H groups in total. The van der Waals surface area contributed by atoms with Crippen molar-refractivity contribution in [3.05, 3.63) is 34.8 Å². The number of rotatable bonds is 5. The van der Waals surface area contributed by atoms with Crippen LogP contribution in [0.2, 0.25) is 0 Å². The van der Waals surface area contributed by atoms with E-state index in [0.717, 1.165) is 30.1 Å². The largest absolute Gasteiger partial charge is 0.312 e. The molecule has 1 saturated heterocycles. The molecule has 3 rings (SSSR count). The Balaban J connectivity index is 1.64. The van der Waals surface area contributed by atoms with Crippen LogP contribution in [0.15, 0.2) is 24.3 Å². The first-order valence-corrected chi connectivity index (χ1v) is 8.89. The standard InChI is InChI=1S/C17H20N4O2S/c1-11(2)10-14-19-20-17(24-14)18-16(23)12-5-7-13(8-6-12)21-9-3-4-15(21)22/h5-8,11H,3-4,9-10H2,1-2H3,(H,18,20,23). The van der Waals surface area contributed by atoms with Crippen LogP contribution in [0.5, 0.6) is 0 Å². The zero-order valence-corrected chi connectivity index (χ0v) is 14.6. The molecule has 1 aromatic carbocycles. The number of carbonyl (C=O) groups is 2. The third kappa shape index (κ3) is 3.79. The Bertz CT molecular complexity index is 739. The van der Waals surface area contributed by atoms with Crippen molar-refractivity contribution in [1.82, 2.24) is 10.2 Å². The smallest absolute Gasteiger partial charge is 0.257 e. The van der Waals surface area contributed by atoms with Crippen LogP contribution in [0, 0.1) is 5.92 Å². The summed E-state index contributed by atoms with van der Waals surface area (Å²) in [6.07, 6.45) is 2.33. The van der Waals surface area contributed by atoms with Crippen LogP contribution in [-0.2, 0) is 11.2 Å². The molecule has 1 fully saturated rings. The maximum absolute atomic E-state index is 12.3. The highest BCUT2D eigenvalue weighted by molar-refractivity contribution is 7.15. The maximum atomic E-state index is 12.3. The lowest BCUT2D eigenvalue weighted by Gasteiger charge is -2.15. The van der Waals surface area contributed by atoms with E-state index in [1.165, 1.54) is 11.3 Å². The van der Waals surface area contributed by atoms with Gasteiger partial charge in [-0.15, -0.1) is 10.2 Å². The summed E-state index contributed by atoms with van der Waals surface area (Å²) in [7, 11) is 0. The summed E-state index contributed by atoms with van der Waals surface area (Å²) in [5.41, 5.74) is 1.37. The Hall–Kier alpha value is -2.28. The van der Waals surface area contributed by atoms with Gasteiger partial charge in [0.05, 0.1) is 0 Å². The van der Waals surface area contributed by atoms with Crippen LogP contribution in [-0.4, -0.2) is 28.6 Å². The van der Waals surface area contributed by atoms with E-state index in [4.69, 9.17) is 0 Å². The average Bonchev–Trinajstić information content (AvgIpc) is 3.16. The van der Waals surface area contributed by atoms with Crippen molar-refractivity contribution >= 4 is 34.0 Å². The van der Waals surface area contributed by atoms with E-state index in [1.807, 2.05) is 12.1 Å². The van der Waals surface area contributed by atoms with Gasteiger partial charge in [0, 0.05) is 30.6 Å². The van der Waals surface area contributed by atoms with Crippen molar-refractivity contribution in [3.63, 3.8) is 0 Å². The predicted molar refractivity (Wildman–Crippen MR) is 94.4 cm³/mol. The summed E-state index contributed by atoms with van der Waals surface area (Å²) < 4.78 is 0. The molecule has 1 aliphatic heterocycles. The monoisotopic (exact) mass is 344 g/mol. The first-order chi connectivity index (χ1) is 11.5. The number of anilines is 2. The zero-order chi connectivity index (χ0) is 17.1. The van der Waals surface area contributed by atoms with Gasteiger partial charge in [-0.3, -0.25) is 14.9 Å². The fraction of sp³-hybridized carbons (Fsp3) is 0.412. The lowest BCUT2D eigenvalue weighted by molar-refractivity contribution is -0.117. The molecule has 0 spiro atoms. The van der Waals surface area contributed by atoms with Gasteiger partial charge in [-0.05, 0) is 36.6 Å². The van der Waals surface area contributed by atoms with Gasteiger partial charge >= 0.3 is 0 Å². The highest BCUT2D eigenvalue weighted by Crippen LogP contribution is 2.23. The minimum absolute atomic E-state index is 0.138. The molecule has 0 unspecified atom stereocenters. The molecule has 0 saturated carbocycles. The normalized spacial score (nSPS) is 14.5. The topological polar surface area (TPSA) is 75.2 Å². The van der Waals surface area contributed by atoms with Crippen molar-refractivity contribution in [1.29, 1.82) is 0 Å². The number of nitrogens with zero attached hydrogens (tertiary/aromatic N) is 3. The molecule has 24 heavy (non-hydrogen) atoms. The van der Waals surface area contributed by atoms with Gasteiger partial charge in [-0.25, -0.2) is 0 Å². The Kier molecular flexibility index (Phi) is 4.89. The molecule has 0 bridgehead atoms. The lowest BCUT2D eigenvalue weighted by Crippen LogP contribution is -2.23. The molecule has 0 atom stereocenters. The maximum Gasteiger partial charge on any atom is 0.257 e. The molecule has 0 radical (unpaired) electrons. The summed E-state index contributed by atoms with van der Waals surface area (Å²) in [4.78, 5) is 25.8. The molecular weight excluding hydrogens is 324 g/mol. The van der Waals surface area contributed by atoms with E-state index in [9.17, 15) is 9.59 Å². The van der Waals surface area contributed by atoms with Gasteiger partial charge in [0.1, 0.15) is 5.01 Å². The molecular formula is C17H20N4O2S. The highest BCUT2D eigenvalue weighted by atomic mass is 32.1. The number of aromatic nitrogens is 2. The molecule has 1 aliphatic rings. The summed E-state index contributed by atoms with van der Waals surface area (Å²) in [5.74, 6) is 0.419. The number of amides is 2. The third-order valence-corrected chi connectivity index (χ3v) is 4.65. The van der Waals surface area contributed by atoms with Crippen molar-refractivity contribution in [2.45, 2.75) is 33.1 Å². The minimum Gasteiger partial charge on any atom is -0.312 e. The molecule has 6 nitrogen and oxygen atoms in total. The van der Waals surface area contributed by atoms with E-state index in [-0.39, 0.29) is 11.8 Å². The van der Waals surface area contributed by atoms with E-state index < -0.39 is 0 Å². The number of hydrogen-bond acceptors (Lipinski definition) is 5. The van der Waals surface area contributed by atoms with Gasteiger partial charge in [0.15, 0.2) is 0 Å². The van der Waals surface area contributed by atoms with Gasteiger partial charge in [0.25, 0.3) is 5.91 Å². The number of benzene rings is 1. The van der Waals surface area contributed by atoms with E-state index in [1.54, 1.807) is 17.0 Å². The second-order valence-corrected chi connectivity index (χ2v) is 7.31. The first kappa shape index (κ1) is 16.6. The van der Waals surface area contributed by atoms with E-state index in [0.29, 0.717) is 23.0 Å². The molecule has 2 aromatic rings. The quantitative estimate of drug-likeness (QED) is 0.904. The minimum atomic E-state index is -0.221. The van der Waals surface area contributed by atoms with Crippen LogP contribution in [0.1, 0.15) is 42.1 Å². The Morgan fingerprint density at radius 3 is 2.67 bits per heavy atom. The third-order valence-electron chi connectivity index (χ3n) is 3.78. The van der Waals surface area contributed by atoms with Crippen molar-refractivity contribution < 1.29 is 9.59 Å². The molecule has 2 heterocycles. The lowest BCUT2D eigenvalue weighted by atomic mass is 10.1. The molecule has 7 heteroatoms. The number of carbonyl (C=O) groups excluding carboxylic acids is 2. The summed E-state index contributed by atoms with van der Waals surface area (Å²) in [5, 5.41) is 12.3. The van der Waals surface area contributed by atoms with Crippen LogP contribution < -0.4 is 10.2 Å². The summed E-state index contributed by atoms with van der Waals surface area (Å²) >= 11 is 1.40. The van der Waals surface area contributed by atoms with Gasteiger partial charge < -0.3 is 4.90 Å². The average molecular weight is 344 g/mol. The Morgan fingerprint density at radius 2 is 2.04 bits per heavy atom. The molecule has 2 amide bonds. The van der Waals surface area contributed by atoms with Crippen LogP contribution in [0.25, 0.3) is 0 Å². The van der Waals surface area contributed by atoms with Gasteiger partial charge in [-0.1, -0.05) is 25.2 Å². The van der Waals surface area contributed by atoms with Crippen LogP contribution in [0.4, 0.5) is 10.8 Å². The SMILES string of the molecule is CC(C)Cc1nnc(NC(=O)c2ccc(N3CCCC3=O)cc2)s1. The summed E-state index contributed by atoms with van der Waals surface area (Å²) in [6.45, 7) is 4.98. The van der Waals surface area contributed by atoms with E-state index >= 15 is 0 Å². The van der Waals surface area contributed by atoms with Crippen molar-refractivity contribution in [2.24, 2.45) is 5.92 Å². The van der Waals surface area contributed by atoms with Crippen LogP contribution in [0.3, 0.4) is 0 Å². The predicted octanol–water partition coefficient (Wildman–Crippen LogP) is 3.12. The fourth-order valence-corrected chi connectivity index (χ4v) is 3.57. The van der Waals surface area contributed by atoms with Crippen molar-refractivity contribution in [2.75, 3.05) is 16.8 Å². The second kappa shape index (κ2) is 7.09. The molecule has 0 aliphatic carbocycles. The second-order valence-electron chi connectivity index (χ2n) is 6.25. The zero-order valence-electron chi connectivity index (χ0n) is 13.8. The fourth-order valence-electron chi connectivity index (χ4n) is 2.62. The Morgan fingerprint density at radius 1 is 1.29 bits per heavy atom. The number of hydrogen-bond donors (Lipinski definition) is 1. The van der Waals surface area contributed by atoms with Crippen molar-refractivity contribution in [3.8, 4) is 0 Å². The Labute approximate surface area is 144 Å². The van der Waals surface area contributed by atoms with Gasteiger partial charge in [0.2, 0.25) is 11.0 Å².